The summed E-state index contributed by atoms with van der Waals surface area (Å²) in [6, 6.07) is 37.2. The molecule has 4 saturated heterocycles. The Bertz CT molecular complexity index is 5760. The summed E-state index contributed by atoms with van der Waals surface area (Å²) in [6.45, 7) is 26.7. The van der Waals surface area contributed by atoms with Gasteiger partial charge in [0, 0.05) is 102 Å². The molecule has 4 aliphatic rings. The molecule has 8 aromatic heterocycles. The van der Waals surface area contributed by atoms with E-state index in [0.717, 1.165) is 86.8 Å². The molecule has 0 saturated carbocycles. The van der Waals surface area contributed by atoms with Crippen LogP contribution in [0, 0.1) is 61.3 Å². The average molecular weight is 1860 g/mol. The third-order valence-electron chi connectivity index (χ3n) is 24.8. The van der Waals surface area contributed by atoms with E-state index in [1.54, 1.807) is 123 Å². The fourth-order valence-electron chi connectivity index (χ4n) is 17.3. The lowest BCUT2D eigenvalue weighted by Gasteiger charge is -2.31. The minimum absolute atomic E-state index is 0.0245. The second-order valence-corrected chi connectivity index (χ2v) is 38.9. The van der Waals surface area contributed by atoms with Gasteiger partial charge in [-0.1, -0.05) is 132 Å². The Balaban J connectivity index is 0.000000149. The van der Waals surface area contributed by atoms with E-state index >= 15 is 0 Å². The topological polar surface area (TPSA) is 386 Å². The Labute approximate surface area is 777 Å². The molecular formula is C99H114N12O16S4. The molecule has 690 valence electrons. The zero-order valence-corrected chi connectivity index (χ0v) is 79.6. The largest absolute Gasteiger partial charge is 0.391 e. The summed E-state index contributed by atoms with van der Waals surface area (Å²) in [6.07, 6.45) is 1.88. The van der Waals surface area contributed by atoms with Gasteiger partial charge in [-0.2, -0.15) is 0 Å². The van der Waals surface area contributed by atoms with E-state index < -0.39 is 71.8 Å². The summed E-state index contributed by atoms with van der Waals surface area (Å²) in [5.41, 5.74) is 21.9. The van der Waals surface area contributed by atoms with Crippen LogP contribution in [0.25, 0.3) is 41.8 Å². The lowest BCUT2D eigenvalue weighted by atomic mass is 9.87. The maximum atomic E-state index is 13.5. The van der Waals surface area contributed by atoms with Gasteiger partial charge in [0.1, 0.15) is 28.6 Å². The first-order chi connectivity index (χ1) is 62.6. The highest BCUT2D eigenvalue weighted by Gasteiger charge is 2.48. The molecule has 12 aromatic rings. The van der Waals surface area contributed by atoms with Crippen LogP contribution in [0.1, 0.15) is 202 Å². The van der Waals surface area contributed by atoms with Gasteiger partial charge < -0.3 is 58.1 Å². The zero-order valence-electron chi connectivity index (χ0n) is 76.3. The van der Waals surface area contributed by atoms with Gasteiger partial charge in [-0.15, -0.1) is 45.3 Å². The van der Waals surface area contributed by atoms with Crippen molar-refractivity contribution < 1.29 is 76.9 Å². The van der Waals surface area contributed by atoms with E-state index in [9.17, 15) is 58.8 Å². The second-order valence-electron chi connectivity index (χ2n) is 35.5. The summed E-state index contributed by atoms with van der Waals surface area (Å²) in [5.74, 6) is -0.781. The Morgan fingerprint density at radius 3 is 0.878 bits per heavy atom. The quantitative estimate of drug-likeness (QED) is 0.0338. The van der Waals surface area contributed by atoms with Crippen LogP contribution >= 0.6 is 45.3 Å². The van der Waals surface area contributed by atoms with Crippen molar-refractivity contribution in [1.82, 2.24) is 60.2 Å². The number of likely N-dealkylation sites (tertiary alicyclic amines) is 4. The molecule has 16 rings (SSSR count). The minimum Gasteiger partial charge on any atom is -0.391 e. The molecular weight excluding hydrogens is 1740 g/mol. The number of thiazole rings is 4. The number of amides is 4. The lowest BCUT2D eigenvalue weighted by Crippen LogP contribution is -2.48. The van der Waals surface area contributed by atoms with Crippen molar-refractivity contribution >= 4 is 92.1 Å². The molecule has 131 heavy (non-hydrogen) atoms. The van der Waals surface area contributed by atoms with E-state index in [0.29, 0.717) is 97.2 Å². The average Bonchev–Trinajstić information content (AvgIpc) is 1.66. The van der Waals surface area contributed by atoms with Crippen molar-refractivity contribution in [2.45, 2.75) is 246 Å². The number of rotatable bonds is 29. The number of β-amino-alcohol motifs (C(OH)–C–C–N with tert-alkyl or cyclic N) is 4. The number of aliphatic hydroxyl groups is 4. The van der Waals surface area contributed by atoms with Crippen molar-refractivity contribution in [2.75, 3.05) is 26.2 Å². The van der Waals surface area contributed by atoms with Crippen molar-refractivity contribution in [3.05, 3.63) is 234 Å². The van der Waals surface area contributed by atoms with E-state index in [4.69, 9.17) is 18.1 Å². The number of carbonyl (C=O) groups is 8. The van der Waals surface area contributed by atoms with Crippen LogP contribution in [0.4, 0.5) is 0 Å². The number of nitrogens with zero attached hydrogens (tertiary/aromatic N) is 12. The van der Waals surface area contributed by atoms with Gasteiger partial charge in [0.05, 0.1) is 148 Å². The van der Waals surface area contributed by atoms with E-state index in [1.807, 2.05) is 119 Å². The molecule has 4 aromatic carbocycles. The standard InChI is InChI=1S/C26H31N3O4S.C25H29N3O4S.2C24H27N3O4S/c1-15(2)24(23-11-16(3)28-33-23)26(32)29-13-20(30)12-21(29)22(31)10-7-18-5-8-19(9-6-18)25-17(4)27-14-34-25;1-15-11-22(32-27-15)25(3,4)24(31)28-13-19(29)12-20(28)21(30)10-7-17-5-8-18(9-6-17)23-16(2)26-14-33-23;2*1-14-10-22(31-26-14)15(2)24(30)27-12-19(28)11-20(27)21(29)9-6-17-4-7-18(8-5-17)23-16(3)25-13-32-23/h5-6,8-9,11,14-15,20-21,24,30H,7,10,12-13H2,1-4H3;5-6,8-9,11,14,19-20,29H,7,10,12-13H2,1-4H3;2*4-5,7-8,10,13,15,19-20,28H,6,9,11-12H2,1-3H3/t20-,21+,24?;19-,20+;15-,19+,20-;15-,19-,20+/m1101/s1. The normalized spacial score (nSPS) is 19.1. The number of aliphatic hydroxyl groups excluding tert-OH is 4. The maximum Gasteiger partial charge on any atom is 0.236 e. The van der Waals surface area contributed by atoms with E-state index in [-0.39, 0.29) is 105 Å². The van der Waals surface area contributed by atoms with Gasteiger partial charge in [0.15, 0.2) is 28.9 Å². The number of carbonyl (C=O) groups excluding carboxylic acids is 8. The molecule has 0 spiro atoms. The lowest BCUT2D eigenvalue weighted by molar-refractivity contribution is -0.142. The number of hydrogen-bond acceptors (Lipinski definition) is 28. The van der Waals surface area contributed by atoms with Crippen LogP contribution in [0.2, 0.25) is 0 Å². The molecule has 32 heteroatoms. The molecule has 0 bridgehead atoms. The second kappa shape index (κ2) is 43.3. The summed E-state index contributed by atoms with van der Waals surface area (Å²) >= 11 is 6.45. The first-order valence-electron chi connectivity index (χ1n) is 44.3. The van der Waals surface area contributed by atoms with Crippen molar-refractivity contribution in [3.63, 3.8) is 0 Å². The Morgan fingerprint density at radius 1 is 0.366 bits per heavy atom. The molecule has 4 N–H and O–H groups in total. The van der Waals surface area contributed by atoms with Crippen LogP contribution in [-0.2, 0) is 69.5 Å². The summed E-state index contributed by atoms with van der Waals surface area (Å²) in [7, 11) is 0. The minimum atomic E-state index is -0.978. The van der Waals surface area contributed by atoms with Gasteiger partial charge in [-0.3, -0.25) is 38.4 Å². The first-order valence-corrected chi connectivity index (χ1v) is 47.9. The highest BCUT2D eigenvalue weighted by molar-refractivity contribution is 7.14. The smallest absolute Gasteiger partial charge is 0.236 e. The SMILES string of the molecule is Cc1cc(C(C(=O)N2C[C@H](O)C[C@H]2C(=O)CCc2ccc(-c3scnc3C)cc2)C(C)C)on1.Cc1cc(C(C)(C)C(=O)N2C[C@H](O)C[C@H]2C(=O)CCc2ccc(-c3scnc3C)cc2)on1.Cc1cc([C@@H](C)C(=O)N2C[C@H](O)C[C@H]2C(=O)CCc2ccc(-c3scnc3C)cc2)on1.Cc1cc([C@H](C)C(=O)N2C[C@H](O)C[C@H]2C(=O)CCc2ccc(-c3scnc3C)cc2)on1. The first kappa shape index (κ1) is 97.2. The van der Waals surface area contributed by atoms with Gasteiger partial charge in [-0.05, 0) is 159 Å². The number of hydrogen-bond donors (Lipinski definition) is 4. The molecule has 28 nitrogen and oxygen atoms in total. The number of aromatic nitrogens is 8. The van der Waals surface area contributed by atoms with Gasteiger partial charge in [0.2, 0.25) is 23.6 Å². The number of aryl methyl sites for hydroxylation is 12. The van der Waals surface area contributed by atoms with E-state index in [1.165, 1.54) is 14.7 Å². The third-order valence-corrected chi connectivity index (χ3v) is 28.7. The number of benzene rings is 4. The molecule has 4 amide bonds. The molecule has 11 atom stereocenters. The Morgan fingerprint density at radius 2 is 0.626 bits per heavy atom. The highest BCUT2D eigenvalue weighted by atomic mass is 32.1. The van der Waals surface area contributed by atoms with Crippen molar-refractivity contribution in [1.29, 1.82) is 0 Å². The van der Waals surface area contributed by atoms with Gasteiger partial charge in [-0.25, -0.2) is 19.9 Å². The Hall–Kier alpha value is -11.4. The maximum absolute atomic E-state index is 13.5. The van der Waals surface area contributed by atoms with Crippen LogP contribution < -0.4 is 0 Å². The van der Waals surface area contributed by atoms with Crippen LogP contribution in [0.15, 0.2) is 161 Å². The predicted molar refractivity (Wildman–Crippen MR) is 499 cm³/mol. The molecule has 0 aliphatic carbocycles. The molecule has 4 aliphatic heterocycles. The molecule has 1 unspecified atom stereocenters. The molecule has 4 fully saturated rings. The number of Topliss-reactive ketones (excluding diaryl/α,β-unsaturated/α-hetero) is 4. The fourth-order valence-corrected chi connectivity index (χ4v) is 20.5. The Kier molecular flexibility index (Phi) is 32.1. The molecule has 0 radical (unpaired) electrons. The zero-order chi connectivity index (χ0) is 93.8. The summed E-state index contributed by atoms with van der Waals surface area (Å²) in [4.78, 5) is 133. The van der Waals surface area contributed by atoms with Crippen molar-refractivity contribution in [2.24, 2.45) is 5.92 Å². The summed E-state index contributed by atoms with van der Waals surface area (Å²) < 4.78 is 21.2. The van der Waals surface area contributed by atoms with Gasteiger partial charge >= 0.3 is 0 Å². The number of ketones is 4. The van der Waals surface area contributed by atoms with Crippen LogP contribution in [0.5, 0.6) is 0 Å². The third kappa shape index (κ3) is 23.8. The van der Waals surface area contributed by atoms with Crippen LogP contribution in [0.3, 0.4) is 0 Å². The fraction of sp³-hybridized carbons (Fsp3) is 0.434. The predicted octanol–water partition coefficient (Wildman–Crippen LogP) is 15.5. The molecule has 12 heterocycles. The highest BCUT2D eigenvalue weighted by Crippen LogP contribution is 2.38. The van der Waals surface area contributed by atoms with Crippen LogP contribution in [-0.4, -0.2) is 202 Å². The van der Waals surface area contributed by atoms with Crippen molar-refractivity contribution in [3.8, 4) is 41.8 Å². The van der Waals surface area contributed by atoms with E-state index in [2.05, 4.69) is 89.1 Å². The van der Waals surface area contributed by atoms with Gasteiger partial charge in [0.25, 0.3) is 0 Å². The monoisotopic (exact) mass is 1850 g/mol. The summed E-state index contributed by atoms with van der Waals surface area (Å²) in [5, 5.41) is 56.4.